The number of carbonyl (C=O) groups excluding carboxylic acids is 1. The predicted molar refractivity (Wildman–Crippen MR) is 117 cm³/mol. The summed E-state index contributed by atoms with van der Waals surface area (Å²) in [5, 5.41) is 15.9. The van der Waals surface area contributed by atoms with Crippen LogP contribution in [0, 0.1) is 5.92 Å². The molecule has 162 valence electrons. The summed E-state index contributed by atoms with van der Waals surface area (Å²) in [5.41, 5.74) is 6.84. The lowest BCUT2D eigenvalue weighted by atomic mass is 9.80. The minimum absolute atomic E-state index is 0.253. The minimum atomic E-state index is -1.74. The molecular formula is C24H27N3O4. The van der Waals surface area contributed by atoms with Gasteiger partial charge in [0.15, 0.2) is 0 Å². The number of nitrogens with two attached hydrogens (primary N) is 1. The van der Waals surface area contributed by atoms with Crippen LogP contribution in [0.4, 0.5) is 0 Å². The van der Waals surface area contributed by atoms with E-state index >= 15 is 0 Å². The highest BCUT2D eigenvalue weighted by Crippen LogP contribution is 2.38. The minimum Gasteiger partial charge on any atom is -0.481 e. The van der Waals surface area contributed by atoms with Crippen molar-refractivity contribution in [2.45, 2.75) is 37.8 Å². The zero-order valence-corrected chi connectivity index (χ0v) is 17.4. The summed E-state index contributed by atoms with van der Waals surface area (Å²) < 4.78 is 5.94. The van der Waals surface area contributed by atoms with E-state index in [2.05, 4.69) is 10.1 Å². The van der Waals surface area contributed by atoms with Gasteiger partial charge in [-0.2, -0.15) is 5.10 Å². The van der Waals surface area contributed by atoms with E-state index in [9.17, 15) is 14.7 Å². The second kappa shape index (κ2) is 8.89. The quantitative estimate of drug-likeness (QED) is 0.549. The molecule has 0 aliphatic carbocycles. The number of carboxylic acids is 1. The molecule has 0 saturated carbocycles. The smallest absolute Gasteiger partial charge is 0.303 e. The maximum absolute atomic E-state index is 13.4. The third-order valence-corrected chi connectivity index (χ3v) is 5.98. The van der Waals surface area contributed by atoms with Crippen LogP contribution in [-0.4, -0.2) is 46.9 Å². The summed E-state index contributed by atoms with van der Waals surface area (Å²) >= 11 is 0. The summed E-state index contributed by atoms with van der Waals surface area (Å²) in [6.45, 7) is 1.93. The molecule has 2 aliphatic heterocycles. The number of piperidine rings is 1. The topological polar surface area (TPSA) is 105 Å². The zero-order valence-electron chi connectivity index (χ0n) is 17.4. The number of carboxylic acid groups (broad SMARTS) is 1. The molecule has 4 rings (SSSR count). The van der Waals surface area contributed by atoms with Crippen molar-refractivity contribution in [2.75, 3.05) is 13.1 Å². The van der Waals surface area contributed by atoms with Crippen LogP contribution in [0.25, 0.3) is 0 Å². The average Bonchev–Trinajstić information content (AvgIpc) is 2.78. The standard InChI is InChI=1S/C24H27N3O4/c25-24(20(15-22(28)29)14-19-6-2-3-7-21(19)31-24)23(30)18-10-8-17(9-11-18)16-26-27-12-4-1-5-13-27/h2-3,6-11,16,20H,1,4-5,12-15,25H2,(H,28,29). The van der Waals surface area contributed by atoms with Gasteiger partial charge >= 0.3 is 5.97 Å². The number of aliphatic carboxylic acids is 1. The normalized spacial score (nSPS) is 23.3. The number of hydrazone groups is 1. The van der Waals surface area contributed by atoms with Crippen molar-refractivity contribution in [1.82, 2.24) is 5.01 Å². The van der Waals surface area contributed by atoms with Crippen LogP contribution in [0.3, 0.4) is 0 Å². The monoisotopic (exact) mass is 421 g/mol. The van der Waals surface area contributed by atoms with E-state index in [1.165, 1.54) is 6.42 Å². The Bertz CT molecular complexity index is 983. The number of ether oxygens (including phenoxy) is 1. The van der Waals surface area contributed by atoms with Crippen molar-refractivity contribution < 1.29 is 19.4 Å². The van der Waals surface area contributed by atoms with E-state index in [0.29, 0.717) is 17.7 Å². The molecule has 1 saturated heterocycles. The third kappa shape index (κ3) is 4.61. The van der Waals surface area contributed by atoms with Crippen LogP contribution >= 0.6 is 0 Å². The molecule has 31 heavy (non-hydrogen) atoms. The van der Waals surface area contributed by atoms with E-state index in [1.807, 2.05) is 24.3 Å². The molecule has 2 aliphatic rings. The Morgan fingerprint density at radius 1 is 1.13 bits per heavy atom. The summed E-state index contributed by atoms with van der Waals surface area (Å²) in [6, 6.07) is 14.3. The van der Waals surface area contributed by atoms with Gasteiger partial charge in [0, 0.05) is 24.6 Å². The molecule has 3 N–H and O–H groups in total. The number of hydrogen-bond donors (Lipinski definition) is 2. The number of para-hydroxylation sites is 1. The molecule has 0 amide bonds. The van der Waals surface area contributed by atoms with E-state index in [0.717, 1.165) is 37.1 Å². The molecule has 2 aromatic carbocycles. The number of Topliss-reactive ketones (excluding diaryl/α,β-unsaturated/α-hetero) is 1. The van der Waals surface area contributed by atoms with Gasteiger partial charge in [-0.3, -0.25) is 20.3 Å². The molecule has 2 heterocycles. The highest BCUT2D eigenvalue weighted by atomic mass is 16.5. The van der Waals surface area contributed by atoms with Crippen LogP contribution in [0.1, 0.15) is 47.2 Å². The average molecular weight is 421 g/mol. The molecule has 0 spiro atoms. The van der Waals surface area contributed by atoms with Crippen molar-refractivity contribution >= 4 is 18.0 Å². The third-order valence-electron chi connectivity index (χ3n) is 5.98. The molecule has 0 bridgehead atoms. The summed E-state index contributed by atoms with van der Waals surface area (Å²) in [6.07, 6.45) is 5.47. The first-order valence-corrected chi connectivity index (χ1v) is 10.7. The van der Waals surface area contributed by atoms with Gasteiger partial charge in [0.2, 0.25) is 11.5 Å². The van der Waals surface area contributed by atoms with E-state index < -0.39 is 23.4 Å². The fourth-order valence-corrected chi connectivity index (χ4v) is 4.21. The van der Waals surface area contributed by atoms with Crippen LogP contribution in [-0.2, 0) is 11.2 Å². The van der Waals surface area contributed by atoms with Crippen LogP contribution in [0.2, 0.25) is 0 Å². The fraction of sp³-hybridized carbons (Fsp3) is 0.375. The number of rotatable bonds is 6. The van der Waals surface area contributed by atoms with Gasteiger partial charge in [0.1, 0.15) is 5.75 Å². The Morgan fingerprint density at radius 3 is 2.55 bits per heavy atom. The molecule has 0 aromatic heterocycles. The molecular weight excluding hydrogens is 394 g/mol. The first-order chi connectivity index (χ1) is 15.0. The number of nitrogens with zero attached hydrogens (tertiary/aromatic N) is 2. The predicted octanol–water partition coefficient (Wildman–Crippen LogP) is 3.07. The number of carbonyl (C=O) groups is 2. The number of ketones is 1. The van der Waals surface area contributed by atoms with Crippen molar-refractivity contribution in [3.63, 3.8) is 0 Å². The van der Waals surface area contributed by atoms with Gasteiger partial charge in [0.05, 0.1) is 12.6 Å². The SMILES string of the molecule is NC1(C(=O)c2ccc(C=NN3CCCCC3)cc2)Oc2ccccc2CC1CC(=O)O. The van der Waals surface area contributed by atoms with Crippen LogP contribution in [0.5, 0.6) is 5.75 Å². The summed E-state index contributed by atoms with van der Waals surface area (Å²) in [4.78, 5) is 24.8. The first-order valence-electron chi connectivity index (χ1n) is 10.7. The van der Waals surface area contributed by atoms with Crippen molar-refractivity contribution in [3.8, 4) is 5.75 Å². The second-order valence-corrected chi connectivity index (χ2v) is 8.21. The fourth-order valence-electron chi connectivity index (χ4n) is 4.21. The zero-order chi connectivity index (χ0) is 21.8. The number of hydrogen-bond acceptors (Lipinski definition) is 6. The molecule has 2 atom stereocenters. The summed E-state index contributed by atoms with van der Waals surface area (Å²) in [5.74, 6) is -1.59. The van der Waals surface area contributed by atoms with Crippen molar-refractivity contribution in [3.05, 3.63) is 65.2 Å². The maximum atomic E-state index is 13.4. The maximum Gasteiger partial charge on any atom is 0.303 e. The lowest BCUT2D eigenvalue weighted by Gasteiger charge is -2.40. The van der Waals surface area contributed by atoms with Gasteiger partial charge in [-0.15, -0.1) is 0 Å². The largest absolute Gasteiger partial charge is 0.481 e. The van der Waals surface area contributed by atoms with Gasteiger partial charge in [-0.05, 0) is 42.9 Å². The highest BCUT2D eigenvalue weighted by Gasteiger charge is 2.48. The lowest BCUT2D eigenvalue weighted by molar-refractivity contribution is -0.140. The molecule has 2 unspecified atom stereocenters. The highest BCUT2D eigenvalue weighted by molar-refractivity contribution is 6.03. The molecule has 7 heteroatoms. The van der Waals surface area contributed by atoms with Crippen LogP contribution in [0.15, 0.2) is 53.6 Å². The Labute approximate surface area is 181 Å². The number of fused-ring (bicyclic) bond motifs is 1. The molecule has 1 fully saturated rings. The summed E-state index contributed by atoms with van der Waals surface area (Å²) in [7, 11) is 0. The Morgan fingerprint density at radius 2 is 1.84 bits per heavy atom. The van der Waals surface area contributed by atoms with Gasteiger partial charge in [-0.1, -0.05) is 42.5 Å². The number of benzene rings is 2. The molecule has 2 aromatic rings. The Hall–Kier alpha value is -3.19. The van der Waals surface area contributed by atoms with E-state index in [4.69, 9.17) is 10.5 Å². The Balaban J connectivity index is 1.54. The van der Waals surface area contributed by atoms with Gasteiger partial charge in [0.25, 0.3) is 0 Å². The van der Waals surface area contributed by atoms with Crippen molar-refractivity contribution in [2.24, 2.45) is 16.8 Å². The van der Waals surface area contributed by atoms with E-state index in [-0.39, 0.29) is 6.42 Å². The van der Waals surface area contributed by atoms with Crippen molar-refractivity contribution in [1.29, 1.82) is 0 Å². The van der Waals surface area contributed by atoms with Gasteiger partial charge < -0.3 is 9.84 Å². The first kappa shape index (κ1) is 21.1. The second-order valence-electron chi connectivity index (χ2n) is 8.21. The van der Waals surface area contributed by atoms with Gasteiger partial charge in [-0.25, -0.2) is 0 Å². The van der Waals surface area contributed by atoms with Crippen LogP contribution < -0.4 is 10.5 Å². The van der Waals surface area contributed by atoms with E-state index in [1.54, 1.807) is 30.5 Å². The molecule has 7 nitrogen and oxygen atoms in total. The lowest BCUT2D eigenvalue weighted by Crippen LogP contribution is -2.61. The molecule has 0 radical (unpaired) electrons. The Kier molecular flexibility index (Phi) is 6.04.